The van der Waals surface area contributed by atoms with Crippen molar-refractivity contribution in [3.8, 4) is 0 Å². The number of rotatable bonds is 0. The summed E-state index contributed by atoms with van der Waals surface area (Å²) in [5, 5.41) is 10.8. The predicted octanol–water partition coefficient (Wildman–Crippen LogP) is -0.108. The molecule has 3 fully saturated rings. The van der Waals surface area contributed by atoms with Gasteiger partial charge in [-0.3, -0.25) is 10.6 Å². The molecular weight excluding hydrogens is 162 g/mol. The van der Waals surface area contributed by atoms with E-state index in [-0.39, 0.29) is 0 Å². The molecule has 0 amide bonds. The van der Waals surface area contributed by atoms with Crippen LogP contribution in [0.1, 0.15) is 19.8 Å². The number of piperidine rings is 1. The molecule has 0 aliphatic carbocycles. The molecule has 0 aromatic heterocycles. The molecule has 74 valence electrons. The van der Waals surface area contributed by atoms with E-state index in [2.05, 4.69) is 22.9 Å². The minimum absolute atomic E-state index is 0.616. The number of fused-ring (bicyclic) bond motifs is 3. The zero-order valence-corrected chi connectivity index (χ0v) is 8.22. The Balaban J connectivity index is 1.76. The maximum Gasteiger partial charge on any atom is 0.0609 e. The van der Waals surface area contributed by atoms with Crippen molar-refractivity contribution in [3.05, 3.63) is 0 Å². The predicted molar refractivity (Wildman–Crippen MR) is 52.4 cm³/mol. The van der Waals surface area contributed by atoms with Crippen molar-refractivity contribution in [3.63, 3.8) is 0 Å². The van der Waals surface area contributed by atoms with Gasteiger partial charge in [-0.15, -0.1) is 0 Å². The topological polar surface area (TPSA) is 36.1 Å². The van der Waals surface area contributed by atoms with E-state index in [9.17, 15) is 0 Å². The van der Waals surface area contributed by atoms with Crippen LogP contribution in [0.3, 0.4) is 0 Å². The van der Waals surface area contributed by atoms with Crippen LogP contribution in [0.5, 0.6) is 0 Å². The van der Waals surface area contributed by atoms with E-state index in [0.29, 0.717) is 6.17 Å². The third-order valence-corrected chi connectivity index (χ3v) is 4.00. The van der Waals surface area contributed by atoms with Gasteiger partial charge in [-0.25, -0.2) is 0 Å². The second-order valence-corrected chi connectivity index (χ2v) is 4.87. The van der Waals surface area contributed by atoms with Crippen LogP contribution in [0, 0.1) is 11.8 Å². The molecule has 0 aromatic rings. The summed E-state index contributed by atoms with van der Waals surface area (Å²) in [7, 11) is 0. The van der Waals surface area contributed by atoms with Gasteiger partial charge in [0.25, 0.3) is 0 Å². The van der Waals surface area contributed by atoms with Gasteiger partial charge in [0.1, 0.15) is 0 Å². The normalized spacial score (nSPS) is 54.7. The highest BCUT2D eigenvalue weighted by Crippen LogP contribution is 2.37. The molecule has 3 aliphatic heterocycles. The SMILES string of the molecule is CC1CC2C(N1)NC1CNCCC12. The highest BCUT2D eigenvalue weighted by Gasteiger charge is 2.47. The fraction of sp³-hybridized carbons (Fsp3) is 1.00. The molecule has 3 heterocycles. The highest BCUT2D eigenvalue weighted by molar-refractivity contribution is 5.03. The van der Waals surface area contributed by atoms with E-state index < -0.39 is 0 Å². The molecular formula is C10H19N3. The number of hydrogen-bond donors (Lipinski definition) is 3. The van der Waals surface area contributed by atoms with Crippen LogP contribution in [0.4, 0.5) is 0 Å². The summed E-state index contributed by atoms with van der Waals surface area (Å²) in [4.78, 5) is 0. The Morgan fingerprint density at radius 3 is 3.00 bits per heavy atom. The third-order valence-electron chi connectivity index (χ3n) is 4.00. The average molecular weight is 181 g/mol. The highest BCUT2D eigenvalue weighted by atomic mass is 15.2. The average Bonchev–Trinajstić information content (AvgIpc) is 2.60. The van der Waals surface area contributed by atoms with Crippen LogP contribution < -0.4 is 16.0 Å². The van der Waals surface area contributed by atoms with Crippen molar-refractivity contribution in [2.24, 2.45) is 11.8 Å². The molecule has 13 heavy (non-hydrogen) atoms. The lowest BCUT2D eigenvalue weighted by Crippen LogP contribution is -2.48. The molecule has 0 aromatic carbocycles. The molecule has 3 saturated heterocycles. The van der Waals surface area contributed by atoms with Crippen LogP contribution in [-0.4, -0.2) is 31.3 Å². The second kappa shape index (κ2) is 2.94. The molecule has 3 N–H and O–H groups in total. The first-order valence-corrected chi connectivity index (χ1v) is 5.57. The Morgan fingerprint density at radius 2 is 2.08 bits per heavy atom. The quantitative estimate of drug-likeness (QED) is 0.488. The maximum absolute atomic E-state index is 3.71. The minimum Gasteiger partial charge on any atom is -0.315 e. The van der Waals surface area contributed by atoms with Gasteiger partial charge in [-0.1, -0.05) is 0 Å². The van der Waals surface area contributed by atoms with Crippen molar-refractivity contribution >= 4 is 0 Å². The second-order valence-electron chi connectivity index (χ2n) is 4.87. The summed E-state index contributed by atoms with van der Waals surface area (Å²) >= 11 is 0. The third kappa shape index (κ3) is 1.22. The molecule has 3 aliphatic rings. The van der Waals surface area contributed by atoms with Gasteiger partial charge in [-0.2, -0.15) is 0 Å². The van der Waals surface area contributed by atoms with E-state index in [1.54, 1.807) is 0 Å². The molecule has 0 bridgehead atoms. The van der Waals surface area contributed by atoms with Gasteiger partial charge in [0.15, 0.2) is 0 Å². The Bertz CT molecular complexity index is 206. The Kier molecular flexibility index (Phi) is 1.86. The Morgan fingerprint density at radius 1 is 1.15 bits per heavy atom. The largest absolute Gasteiger partial charge is 0.315 e. The number of nitrogens with one attached hydrogen (secondary N) is 3. The van der Waals surface area contributed by atoms with E-state index in [4.69, 9.17) is 0 Å². The monoisotopic (exact) mass is 181 g/mol. The van der Waals surface area contributed by atoms with E-state index in [0.717, 1.165) is 23.9 Å². The maximum atomic E-state index is 3.71. The van der Waals surface area contributed by atoms with E-state index >= 15 is 0 Å². The van der Waals surface area contributed by atoms with Gasteiger partial charge in [0, 0.05) is 18.6 Å². The van der Waals surface area contributed by atoms with Crippen molar-refractivity contribution < 1.29 is 0 Å². The summed E-state index contributed by atoms with van der Waals surface area (Å²) < 4.78 is 0. The fourth-order valence-corrected chi connectivity index (χ4v) is 3.44. The Hall–Kier alpha value is -0.120. The molecule has 3 rings (SSSR count). The zero-order chi connectivity index (χ0) is 8.84. The van der Waals surface area contributed by atoms with E-state index in [1.807, 2.05) is 0 Å². The standard InChI is InChI=1S/C10H19N3/c1-6-4-8-7-2-3-11-5-9(7)13-10(8)12-6/h6-13H,2-5H2,1H3. The number of hydrogen-bond acceptors (Lipinski definition) is 3. The van der Waals surface area contributed by atoms with Gasteiger partial charge in [0.2, 0.25) is 0 Å². The molecule has 5 atom stereocenters. The van der Waals surface area contributed by atoms with Crippen LogP contribution in [0.2, 0.25) is 0 Å². The molecule has 0 radical (unpaired) electrons. The Labute approximate surface area is 79.7 Å². The lowest BCUT2D eigenvalue weighted by molar-refractivity contribution is 0.281. The summed E-state index contributed by atoms with van der Waals surface area (Å²) in [5.41, 5.74) is 0. The van der Waals surface area contributed by atoms with Crippen molar-refractivity contribution in [2.45, 2.75) is 38.0 Å². The zero-order valence-electron chi connectivity index (χ0n) is 8.22. The van der Waals surface area contributed by atoms with Crippen LogP contribution in [0.15, 0.2) is 0 Å². The van der Waals surface area contributed by atoms with E-state index in [1.165, 1.54) is 25.9 Å². The molecule has 0 saturated carbocycles. The smallest absolute Gasteiger partial charge is 0.0609 e. The van der Waals surface area contributed by atoms with Crippen molar-refractivity contribution in [2.75, 3.05) is 13.1 Å². The fourth-order valence-electron chi connectivity index (χ4n) is 3.44. The first-order chi connectivity index (χ1) is 6.34. The summed E-state index contributed by atoms with van der Waals surface area (Å²) in [6.07, 6.45) is 3.36. The van der Waals surface area contributed by atoms with Crippen molar-refractivity contribution in [1.82, 2.24) is 16.0 Å². The summed E-state index contributed by atoms with van der Waals surface area (Å²) in [6.45, 7) is 4.70. The minimum atomic E-state index is 0.616. The summed E-state index contributed by atoms with van der Waals surface area (Å²) in [5.74, 6) is 1.84. The van der Waals surface area contributed by atoms with Crippen LogP contribution in [-0.2, 0) is 0 Å². The lowest BCUT2D eigenvalue weighted by atomic mass is 9.83. The molecule has 5 unspecified atom stereocenters. The lowest BCUT2D eigenvalue weighted by Gasteiger charge is -2.28. The molecule has 3 nitrogen and oxygen atoms in total. The van der Waals surface area contributed by atoms with Crippen LogP contribution >= 0.6 is 0 Å². The van der Waals surface area contributed by atoms with Gasteiger partial charge < -0.3 is 5.32 Å². The van der Waals surface area contributed by atoms with Crippen molar-refractivity contribution in [1.29, 1.82) is 0 Å². The van der Waals surface area contributed by atoms with Crippen LogP contribution in [0.25, 0.3) is 0 Å². The van der Waals surface area contributed by atoms with Gasteiger partial charge >= 0.3 is 0 Å². The first kappa shape index (κ1) is 8.21. The van der Waals surface area contributed by atoms with Gasteiger partial charge in [0.05, 0.1) is 6.17 Å². The summed E-state index contributed by atoms with van der Waals surface area (Å²) in [6, 6.07) is 1.46. The first-order valence-electron chi connectivity index (χ1n) is 5.57. The molecule has 3 heteroatoms. The van der Waals surface area contributed by atoms with Gasteiger partial charge in [-0.05, 0) is 38.1 Å². The molecule has 0 spiro atoms.